The molecule has 3 fully saturated rings. The third kappa shape index (κ3) is 3.09. The Labute approximate surface area is 180 Å². The third-order valence-electron chi connectivity index (χ3n) is 7.24. The van der Waals surface area contributed by atoms with Gasteiger partial charge >= 0.3 is 0 Å². The Morgan fingerprint density at radius 1 is 1.16 bits per heavy atom. The van der Waals surface area contributed by atoms with E-state index in [1.54, 1.807) is 0 Å². The summed E-state index contributed by atoms with van der Waals surface area (Å²) in [4.78, 5) is 17.2. The smallest absolute Gasteiger partial charge is 0.166 e. The van der Waals surface area contributed by atoms with Crippen LogP contribution in [0.5, 0.6) is 0 Å². The lowest BCUT2D eigenvalue weighted by molar-refractivity contribution is 0.157. The van der Waals surface area contributed by atoms with Gasteiger partial charge in [0, 0.05) is 35.4 Å². The third-order valence-corrected chi connectivity index (χ3v) is 7.24. The van der Waals surface area contributed by atoms with Crippen molar-refractivity contribution in [2.75, 3.05) is 5.32 Å². The summed E-state index contributed by atoms with van der Waals surface area (Å²) in [6.45, 7) is 4.30. The molecule has 0 radical (unpaired) electrons. The number of H-pyrrole nitrogens is 1. The minimum atomic E-state index is -0.364. The Hall–Kier alpha value is -2.96. The average Bonchev–Trinajstić information content (AvgIpc) is 3.38. The fourth-order valence-electron chi connectivity index (χ4n) is 5.57. The van der Waals surface area contributed by atoms with E-state index < -0.39 is 0 Å². The molecule has 4 heterocycles. The number of nitrogens with zero attached hydrogens (tertiary/aromatic N) is 4. The van der Waals surface area contributed by atoms with E-state index in [4.69, 9.17) is 9.97 Å². The SMILES string of the molecule is CC(C)n1ccc2c(N[C@@H]3CC4CCC3CC4)nc(-c3c[nH]c4ncc(F)cc34)nc21. The van der Waals surface area contributed by atoms with E-state index in [1.165, 1.54) is 44.4 Å². The molecule has 3 aliphatic carbocycles. The zero-order chi connectivity index (χ0) is 21.1. The van der Waals surface area contributed by atoms with Gasteiger partial charge in [-0.3, -0.25) is 0 Å². The molecule has 0 aromatic carbocycles. The number of aromatic amines is 1. The highest BCUT2D eigenvalue weighted by Crippen LogP contribution is 2.43. The number of hydrogen-bond donors (Lipinski definition) is 2. The van der Waals surface area contributed by atoms with Crippen molar-refractivity contribution in [2.24, 2.45) is 11.8 Å². The number of pyridine rings is 1. The number of nitrogens with one attached hydrogen (secondary N) is 2. The predicted octanol–water partition coefficient (Wildman–Crippen LogP) is 5.69. The minimum absolute atomic E-state index is 0.279. The molecule has 0 unspecified atom stereocenters. The van der Waals surface area contributed by atoms with E-state index in [0.717, 1.165) is 34.3 Å². The molecule has 0 spiro atoms. The van der Waals surface area contributed by atoms with E-state index in [0.29, 0.717) is 22.9 Å². The lowest BCUT2D eigenvalue weighted by Gasteiger charge is -2.42. The van der Waals surface area contributed by atoms with Crippen molar-refractivity contribution < 1.29 is 4.39 Å². The largest absolute Gasteiger partial charge is 0.366 e. The van der Waals surface area contributed by atoms with Gasteiger partial charge in [-0.05, 0) is 57.1 Å². The van der Waals surface area contributed by atoms with Crippen LogP contribution in [-0.4, -0.2) is 30.5 Å². The van der Waals surface area contributed by atoms with Gasteiger partial charge in [0.05, 0.1) is 11.6 Å². The molecule has 3 saturated carbocycles. The van der Waals surface area contributed by atoms with Crippen molar-refractivity contribution in [3.05, 3.63) is 36.5 Å². The minimum Gasteiger partial charge on any atom is -0.366 e. The van der Waals surface area contributed by atoms with Crippen LogP contribution >= 0.6 is 0 Å². The van der Waals surface area contributed by atoms with E-state index in [2.05, 4.69) is 46.0 Å². The fraction of sp³-hybridized carbons (Fsp3) is 0.458. The zero-order valence-corrected chi connectivity index (χ0v) is 17.9. The van der Waals surface area contributed by atoms with Crippen molar-refractivity contribution in [1.82, 2.24) is 24.5 Å². The van der Waals surface area contributed by atoms with Crippen molar-refractivity contribution in [3.63, 3.8) is 0 Å². The van der Waals surface area contributed by atoms with Crippen LogP contribution in [0.2, 0.25) is 0 Å². The number of anilines is 1. The molecule has 3 aliphatic rings. The summed E-state index contributed by atoms with van der Waals surface area (Å²) in [5.41, 5.74) is 2.31. The molecule has 7 rings (SSSR count). The number of halogens is 1. The Bertz CT molecular complexity index is 1260. The number of hydrogen-bond acceptors (Lipinski definition) is 4. The maximum Gasteiger partial charge on any atom is 0.166 e. The summed E-state index contributed by atoms with van der Waals surface area (Å²) in [7, 11) is 0. The normalized spacial score (nSPS) is 23.3. The molecule has 4 aromatic rings. The van der Waals surface area contributed by atoms with Gasteiger partial charge in [0.25, 0.3) is 0 Å². The van der Waals surface area contributed by atoms with Gasteiger partial charge < -0.3 is 14.9 Å². The van der Waals surface area contributed by atoms with Gasteiger partial charge in [0.2, 0.25) is 0 Å². The highest BCUT2D eigenvalue weighted by Gasteiger charge is 2.36. The molecule has 0 amide bonds. The highest BCUT2D eigenvalue weighted by molar-refractivity contribution is 5.95. The van der Waals surface area contributed by atoms with Crippen LogP contribution in [0, 0.1) is 17.7 Å². The maximum atomic E-state index is 13.9. The Morgan fingerprint density at radius 2 is 2.00 bits per heavy atom. The second-order valence-corrected chi connectivity index (χ2v) is 9.47. The van der Waals surface area contributed by atoms with Gasteiger partial charge in [0.15, 0.2) is 5.82 Å². The highest BCUT2D eigenvalue weighted by atomic mass is 19.1. The Balaban J connectivity index is 1.50. The summed E-state index contributed by atoms with van der Waals surface area (Å²) < 4.78 is 16.1. The predicted molar refractivity (Wildman–Crippen MR) is 120 cm³/mol. The van der Waals surface area contributed by atoms with Crippen molar-refractivity contribution in [3.8, 4) is 11.4 Å². The van der Waals surface area contributed by atoms with E-state index in [-0.39, 0.29) is 11.9 Å². The first kappa shape index (κ1) is 18.8. The second-order valence-electron chi connectivity index (χ2n) is 9.47. The van der Waals surface area contributed by atoms with Crippen LogP contribution in [0.15, 0.2) is 30.7 Å². The van der Waals surface area contributed by atoms with Crippen molar-refractivity contribution in [1.29, 1.82) is 0 Å². The van der Waals surface area contributed by atoms with Crippen LogP contribution in [0.4, 0.5) is 10.2 Å². The summed E-state index contributed by atoms with van der Waals surface area (Å²) in [5.74, 6) is 2.67. The molecule has 7 heteroatoms. The number of rotatable bonds is 4. The standard InChI is InChI=1S/C24H27FN6/c1-13(2)31-8-7-17-22(28-20-9-14-3-5-15(20)6-4-14)29-23(30-24(17)31)19-12-27-21-18(19)10-16(25)11-26-21/h7-8,10-15,20H,3-6,9H2,1-2H3,(H,26,27)(H,28,29,30)/t14?,15?,20-/m1/s1. The molecular weight excluding hydrogens is 391 g/mol. The summed E-state index contributed by atoms with van der Waals surface area (Å²) in [6.07, 6.45) is 11.7. The zero-order valence-electron chi connectivity index (χ0n) is 17.9. The van der Waals surface area contributed by atoms with Gasteiger partial charge in [-0.1, -0.05) is 12.8 Å². The first-order chi connectivity index (χ1) is 15.1. The van der Waals surface area contributed by atoms with Crippen LogP contribution < -0.4 is 5.32 Å². The van der Waals surface area contributed by atoms with Crippen LogP contribution in [0.1, 0.15) is 52.0 Å². The molecule has 6 nitrogen and oxygen atoms in total. The molecule has 31 heavy (non-hydrogen) atoms. The molecular formula is C24H27FN6. The molecule has 0 aliphatic heterocycles. The summed E-state index contributed by atoms with van der Waals surface area (Å²) in [5, 5.41) is 5.55. The molecule has 160 valence electrons. The summed E-state index contributed by atoms with van der Waals surface area (Å²) >= 11 is 0. The monoisotopic (exact) mass is 418 g/mol. The average molecular weight is 419 g/mol. The van der Waals surface area contributed by atoms with Crippen molar-refractivity contribution >= 4 is 27.9 Å². The Morgan fingerprint density at radius 3 is 2.74 bits per heavy atom. The molecule has 4 aromatic heterocycles. The van der Waals surface area contributed by atoms with E-state index >= 15 is 0 Å². The van der Waals surface area contributed by atoms with Crippen LogP contribution in [0.25, 0.3) is 33.5 Å². The number of aromatic nitrogens is 5. The molecule has 2 bridgehead atoms. The summed E-state index contributed by atoms with van der Waals surface area (Å²) in [6, 6.07) is 4.35. The lowest BCUT2D eigenvalue weighted by Crippen LogP contribution is -2.40. The van der Waals surface area contributed by atoms with Crippen LogP contribution in [-0.2, 0) is 0 Å². The fourth-order valence-corrected chi connectivity index (χ4v) is 5.57. The molecule has 1 atom stereocenters. The van der Waals surface area contributed by atoms with E-state index in [9.17, 15) is 4.39 Å². The molecule has 0 saturated heterocycles. The van der Waals surface area contributed by atoms with Crippen LogP contribution in [0.3, 0.4) is 0 Å². The van der Waals surface area contributed by atoms with Gasteiger partial charge in [0.1, 0.15) is 22.9 Å². The van der Waals surface area contributed by atoms with Gasteiger partial charge in [-0.25, -0.2) is 19.3 Å². The number of fused-ring (bicyclic) bond motifs is 5. The lowest BCUT2D eigenvalue weighted by atomic mass is 9.68. The van der Waals surface area contributed by atoms with Crippen molar-refractivity contribution in [2.45, 2.75) is 58.0 Å². The first-order valence-electron chi connectivity index (χ1n) is 11.3. The second kappa shape index (κ2) is 7.04. The Kier molecular flexibility index (Phi) is 4.26. The maximum absolute atomic E-state index is 13.9. The first-order valence-corrected chi connectivity index (χ1v) is 11.3. The van der Waals surface area contributed by atoms with Gasteiger partial charge in [-0.15, -0.1) is 0 Å². The quantitative estimate of drug-likeness (QED) is 0.447. The molecule has 2 N–H and O–H groups in total. The topological polar surface area (TPSA) is 71.4 Å². The van der Waals surface area contributed by atoms with E-state index in [1.807, 2.05) is 6.20 Å². The van der Waals surface area contributed by atoms with Gasteiger partial charge in [-0.2, -0.15) is 0 Å².